The molecule has 76 valence electrons. The van der Waals surface area contributed by atoms with Crippen LogP contribution < -0.4 is 0 Å². The van der Waals surface area contributed by atoms with Crippen LogP contribution in [0.25, 0.3) is 0 Å². The lowest BCUT2D eigenvalue weighted by molar-refractivity contribution is -0.202. The molecular weight excluding hydrogens is 168 g/mol. The summed E-state index contributed by atoms with van der Waals surface area (Å²) in [5, 5.41) is 0. The number of rotatable bonds is 0. The molecule has 0 heterocycles. The van der Waals surface area contributed by atoms with Crippen molar-refractivity contribution in [3.05, 3.63) is 0 Å². The molecule has 0 aliphatic heterocycles. The summed E-state index contributed by atoms with van der Waals surface area (Å²) >= 11 is 0. The first-order valence-electron chi connectivity index (χ1n) is 6.90. The molecule has 0 N–H and O–H groups in total. The van der Waals surface area contributed by atoms with Gasteiger partial charge in [-0.3, -0.25) is 0 Å². The van der Waals surface area contributed by atoms with Crippen LogP contribution in [0.5, 0.6) is 0 Å². The van der Waals surface area contributed by atoms with Crippen molar-refractivity contribution >= 4 is 0 Å². The Hall–Kier alpha value is 0. The zero-order chi connectivity index (χ0) is 8.86. The van der Waals surface area contributed by atoms with E-state index in [4.69, 9.17) is 0 Å². The van der Waals surface area contributed by atoms with Gasteiger partial charge in [0.2, 0.25) is 0 Å². The quantitative estimate of drug-likeness (QED) is 0.547. The highest BCUT2D eigenvalue weighted by molar-refractivity contribution is 5.12. The predicted octanol–water partition coefficient (Wildman–Crippen LogP) is 3.32. The first-order valence-corrected chi connectivity index (χ1v) is 6.90. The van der Waals surface area contributed by atoms with Crippen molar-refractivity contribution in [1.29, 1.82) is 0 Å². The van der Waals surface area contributed by atoms with Gasteiger partial charge in [0, 0.05) is 0 Å². The third kappa shape index (κ3) is 0.630. The molecule has 7 aliphatic carbocycles. The summed E-state index contributed by atoms with van der Waals surface area (Å²) in [7, 11) is 0. The second kappa shape index (κ2) is 2.08. The van der Waals surface area contributed by atoms with E-state index in [-0.39, 0.29) is 0 Å². The summed E-state index contributed by atoms with van der Waals surface area (Å²) in [5.74, 6) is 9.74. The lowest BCUT2D eigenvalue weighted by atomic mass is 9.36. The fraction of sp³-hybridized carbons (Fsp3) is 1.00. The normalized spacial score (nSPS) is 72.0. The summed E-state index contributed by atoms with van der Waals surface area (Å²) < 4.78 is 0. The Bertz CT molecular complexity index is 205. The second-order valence-corrected chi connectivity index (χ2v) is 7.13. The van der Waals surface area contributed by atoms with Crippen molar-refractivity contribution < 1.29 is 0 Å². The van der Waals surface area contributed by atoms with Crippen LogP contribution in [0.3, 0.4) is 0 Å². The number of hydrogen-bond donors (Lipinski definition) is 0. The lowest BCUT2D eigenvalue weighted by Crippen LogP contribution is -2.62. The van der Waals surface area contributed by atoms with E-state index >= 15 is 0 Å². The third-order valence-corrected chi connectivity index (χ3v) is 6.93. The molecule has 7 fully saturated rings. The highest BCUT2D eigenvalue weighted by atomic mass is 14.7. The molecule has 0 spiro atoms. The topological polar surface area (TPSA) is 0 Å². The van der Waals surface area contributed by atoms with Crippen LogP contribution in [-0.2, 0) is 0 Å². The maximum absolute atomic E-state index is 1.65. The van der Waals surface area contributed by atoms with E-state index in [1.165, 1.54) is 47.3 Å². The van der Waals surface area contributed by atoms with Gasteiger partial charge < -0.3 is 0 Å². The Balaban J connectivity index is 1.70. The average Bonchev–Trinajstić information content (AvgIpc) is 2.24. The molecule has 0 aromatic carbocycles. The highest BCUT2D eigenvalue weighted by Crippen LogP contribution is 2.71. The molecule has 8 bridgehead atoms. The maximum atomic E-state index is 1.65. The van der Waals surface area contributed by atoms with Crippen molar-refractivity contribution in [2.24, 2.45) is 47.3 Å². The second-order valence-electron chi connectivity index (χ2n) is 7.13. The van der Waals surface area contributed by atoms with Crippen molar-refractivity contribution in [3.8, 4) is 0 Å². The molecule has 7 aliphatic rings. The Morgan fingerprint density at radius 3 is 0.786 bits per heavy atom. The molecule has 0 nitrogen and oxygen atoms in total. The molecule has 7 rings (SSSR count). The van der Waals surface area contributed by atoms with Gasteiger partial charge in [-0.15, -0.1) is 0 Å². The fourth-order valence-corrected chi connectivity index (χ4v) is 6.89. The summed E-state index contributed by atoms with van der Waals surface area (Å²) in [6.45, 7) is 0. The molecule has 0 amide bonds. The first-order chi connectivity index (χ1) is 6.90. The van der Waals surface area contributed by atoms with E-state index in [0.29, 0.717) is 0 Å². The molecule has 0 unspecified atom stereocenters. The van der Waals surface area contributed by atoms with Crippen LogP contribution >= 0.6 is 0 Å². The van der Waals surface area contributed by atoms with E-state index in [0.717, 1.165) is 0 Å². The Morgan fingerprint density at radius 2 is 0.571 bits per heavy atom. The standard InChI is InChI=1S/C14H20/c1-7-2-12-10-4-8-5-11(9(1)10)13(3-7)14(12)6-8/h7-14H,1-6H2. The maximum Gasteiger partial charge on any atom is -0.0349 e. The largest absolute Gasteiger partial charge is 0.0470 e. The Morgan fingerprint density at radius 1 is 0.357 bits per heavy atom. The molecule has 0 radical (unpaired) electrons. The van der Waals surface area contributed by atoms with E-state index in [1.807, 2.05) is 0 Å². The van der Waals surface area contributed by atoms with Crippen molar-refractivity contribution in [1.82, 2.24) is 0 Å². The van der Waals surface area contributed by atoms with E-state index in [1.54, 1.807) is 38.5 Å². The van der Waals surface area contributed by atoms with Crippen LogP contribution in [-0.4, -0.2) is 0 Å². The minimum absolute atomic E-state index is 1.19. The molecule has 0 heteroatoms. The summed E-state index contributed by atoms with van der Waals surface area (Å²) in [4.78, 5) is 0. The summed E-state index contributed by atoms with van der Waals surface area (Å²) in [5.41, 5.74) is 0. The monoisotopic (exact) mass is 188 g/mol. The predicted molar refractivity (Wildman–Crippen MR) is 55.6 cm³/mol. The van der Waals surface area contributed by atoms with E-state index in [2.05, 4.69) is 0 Å². The van der Waals surface area contributed by atoms with Gasteiger partial charge in [-0.1, -0.05) is 0 Å². The zero-order valence-corrected chi connectivity index (χ0v) is 8.86. The molecule has 14 heavy (non-hydrogen) atoms. The van der Waals surface area contributed by atoms with Crippen LogP contribution in [0.2, 0.25) is 0 Å². The Labute approximate surface area is 86.5 Å². The lowest BCUT2D eigenvalue weighted by Gasteiger charge is -2.69. The van der Waals surface area contributed by atoms with E-state index < -0.39 is 0 Å². The van der Waals surface area contributed by atoms with Crippen molar-refractivity contribution in [3.63, 3.8) is 0 Å². The molecule has 0 aromatic heterocycles. The molecule has 0 atom stereocenters. The molecular formula is C14H20. The van der Waals surface area contributed by atoms with E-state index in [9.17, 15) is 0 Å². The van der Waals surface area contributed by atoms with Crippen LogP contribution in [0.4, 0.5) is 0 Å². The van der Waals surface area contributed by atoms with Crippen molar-refractivity contribution in [2.45, 2.75) is 38.5 Å². The zero-order valence-electron chi connectivity index (χ0n) is 8.86. The van der Waals surface area contributed by atoms with Gasteiger partial charge in [0.15, 0.2) is 0 Å². The summed E-state index contributed by atoms with van der Waals surface area (Å²) in [6, 6.07) is 0. The highest BCUT2D eigenvalue weighted by Gasteiger charge is 2.63. The van der Waals surface area contributed by atoms with Gasteiger partial charge >= 0.3 is 0 Å². The smallest absolute Gasteiger partial charge is 0.0349 e. The Kier molecular flexibility index (Phi) is 1.08. The summed E-state index contributed by atoms with van der Waals surface area (Å²) in [6.07, 6.45) is 9.93. The molecule has 0 saturated heterocycles. The molecule has 0 aromatic rings. The SMILES string of the molecule is C1C2CC3C4CC5CC(C14)C(C2)C3C5. The number of hydrogen-bond acceptors (Lipinski definition) is 0. The van der Waals surface area contributed by atoms with Gasteiger partial charge in [0.1, 0.15) is 0 Å². The fourth-order valence-electron chi connectivity index (χ4n) is 6.89. The van der Waals surface area contributed by atoms with Gasteiger partial charge in [-0.2, -0.15) is 0 Å². The average molecular weight is 188 g/mol. The van der Waals surface area contributed by atoms with Gasteiger partial charge in [-0.25, -0.2) is 0 Å². The minimum atomic E-state index is 1.19. The van der Waals surface area contributed by atoms with Crippen LogP contribution in [0.1, 0.15) is 38.5 Å². The van der Waals surface area contributed by atoms with Crippen LogP contribution in [0.15, 0.2) is 0 Å². The van der Waals surface area contributed by atoms with Crippen molar-refractivity contribution in [2.75, 3.05) is 0 Å². The van der Waals surface area contributed by atoms with Gasteiger partial charge in [0.05, 0.1) is 0 Å². The third-order valence-electron chi connectivity index (χ3n) is 6.93. The molecule has 7 saturated carbocycles. The first kappa shape index (κ1) is 7.30. The minimum Gasteiger partial charge on any atom is -0.0470 e. The van der Waals surface area contributed by atoms with Gasteiger partial charge in [0.25, 0.3) is 0 Å². The van der Waals surface area contributed by atoms with Crippen LogP contribution in [0, 0.1) is 47.3 Å². The van der Waals surface area contributed by atoms with Gasteiger partial charge in [-0.05, 0) is 85.9 Å².